The summed E-state index contributed by atoms with van der Waals surface area (Å²) < 4.78 is 2.50. The summed E-state index contributed by atoms with van der Waals surface area (Å²) in [6.07, 6.45) is 0. The minimum atomic E-state index is 0.0839. The molecule has 0 spiro atoms. The molecule has 0 aliphatic rings. The first kappa shape index (κ1) is 7.20. The van der Waals surface area contributed by atoms with Crippen molar-refractivity contribution in [3.05, 3.63) is 0 Å². The van der Waals surface area contributed by atoms with Gasteiger partial charge in [-0.15, -0.1) is 0 Å². The third kappa shape index (κ3) is 2.85. The average Bonchev–Trinajstić information content (AvgIpc) is 1.65. The predicted molar refractivity (Wildman–Crippen MR) is 37.0 cm³/mol. The van der Waals surface area contributed by atoms with Crippen molar-refractivity contribution in [2.75, 3.05) is 0 Å². The Morgan fingerprint density at radius 3 is 2.14 bits per heavy atom. The number of nitrogens with one attached hydrogen (secondary N) is 1. The van der Waals surface area contributed by atoms with Gasteiger partial charge in [0.05, 0.1) is 22.9 Å². The van der Waals surface area contributed by atoms with Crippen molar-refractivity contribution < 1.29 is 4.79 Å². The van der Waals surface area contributed by atoms with Gasteiger partial charge in [0.2, 0.25) is 5.91 Å². The van der Waals surface area contributed by atoms with Crippen LogP contribution in [0.15, 0.2) is 0 Å². The van der Waals surface area contributed by atoms with E-state index in [2.05, 4.69) is 3.53 Å². The third-order valence-electron chi connectivity index (χ3n) is 0.618. The summed E-state index contributed by atoms with van der Waals surface area (Å²) in [5.74, 6) is 0.192. The van der Waals surface area contributed by atoms with Crippen molar-refractivity contribution in [2.24, 2.45) is 5.92 Å². The van der Waals surface area contributed by atoms with Gasteiger partial charge in [0.15, 0.2) is 0 Å². The topological polar surface area (TPSA) is 29.1 Å². The molecule has 3 heteroatoms. The molecule has 0 aromatic heterocycles. The molecule has 1 amide bonds. The Morgan fingerprint density at radius 1 is 1.71 bits per heavy atom. The van der Waals surface area contributed by atoms with Crippen LogP contribution >= 0.6 is 22.9 Å². The third-order valence-corrected chi connectivity index (χ3v) is 1.15. The zero-order valence-electron chi connectivity index (χ0n) is 4.36. The van der Waals surface area contributed by atoms with Crippen LogP contribution in [-0.2, 0) is 4.79 Å². The van der Waals surface area contributed by atoms with Gasteiger partial charge in [-0.2, -0.15) is 0 Å². The van der Waals surface area contributed by atoms with Crippen LogP contribution in [0.2, 0.25) is 0 Å². The highest BCUT2D eigenvalue weighted by molar-refractivity contribution is 14.1. The maximum absolute atomic E-state index is 10.4. The Morgan fingerprint density at radius 2 is 2.14 bits per heavy atom. The fourth-order valence-electron chi connectivity index (χ4n) is 0.109. The van der Waals surface area contributed by atoms with Crippen LogP contribution in [0.1, 0.15) is 13.8 Å². The van der Waals surface area contributed by atoms with E-state index in [0.717, 1.165) is 0 Å². The van der Waals surface area contributed by atoms with Crippen molar-refractivity contribution in [3.63, 3.8) is 0 Å². The molecule has 0 radical (unpaired) electrons. The van der Waals surface area contributed by atoms with Crippen LogP contribution in [0.25, 0.3) is 0 Å². The molecular formula is C4H8INO. The summed E-state index contributed by atoms with van der Waals surface area (Å²) in [5, 5.41) is 0. The molecule has 0 heterocycles. The fourth-order valence-corrected chi connectivity index (χ4v) is 0.732. The maximum atomic E-state index is 10.4. The SMILES string of the molecule is CC(C)C(=O)NI. The molecule has 1 N–H and O–H groups in total. The number of halogens is 1. The second kappa shape index (κ2) is 3.23. The molecule has 0 atom stereocenters. The van der Waals surface area contributed by atoms with Crippen molar-refractivity contribution in [1.29, 1.82) is 0 Å². The minimum absolute atomic E-state index is 0.0839. The summed E-state index contributed by atoms with van der Waals surface area (Å²) in [5.41, 5.74) is 0. The summed E-state index contributed by atoms with van der Waals surface area (Å²) in [7, 11) is 0. The zero-order chi connectivity index (χ0) is 5.86. The van der Waals surface area contributed by atoms with E-state index in [1.165, 1.54) is 0 Å². The van der Waals surface area contributed by atoms with Crippen LogP contribution in [-0.4, -0.2) is 5.91 Å². The molecule has 0 unspecified atom stereocenters. The molecule has 42 valence electrons. The van der Waals surface area contributed by atoms with Gasteiger partial charge in [-0.1, -0.05) is 13.8 Å². The highest BCUT2D eigenvalue weighted by Crippen LogP contribution is 1.90. The van der Waals surface area contributed by atoms with E-state index in [1.807, 2.05) is 36.7 Å². The van der Waals surface area contributed by atoms with Crippen LogP contribution in [0.5, 0.6) is 0 Å². The van der Waals surface area contributed by atoms with E-state index in [-0.39, 0.29) is 11.8 Å². The van der Waals surface area contributed by atoms with E-state index >= 15 is 0 Å². The number of carbonyl (C=O) groups is 1. The van der Waals surface area contributed by atoms with Crippen LogP contribution in [0, 0.1) is 5.92 Å². The lowest BCUT2D eigenvalue weighted by Crippen LogP contribution is -2.17. The second-order valence-corrected chi connectivity index (χ2v) is 2.15. The van der Waals surface area contributed by atoms with E-state index in [9.17, 15) is 4.79 Å². The molecule has 0 aromatic carbocycles. The van der Waals surface area contributed by atoms with Crippen molar-refractivity contribution in [2.45, 2.75) is 13.8 Å². The number of rotatable bonds is 1. The van der Waals surface area contributed by atoms with Crippen LogP contribution in [0.3, 0.4) is 0 Å². The molecular weight excluding hydrogens is 205 g/mol. The summed E-state index contributed by atoms with van der Waals surface area (Å²) in [6.45, 7) is 3.71. The first-order valence-electron chi connectivity index (χ1n) is 2.09. The number of hydrogen-bond donors (Lipinski definition) is 1. The smallest absolute Gasteiger partial charge is 0.231 e. The summed E-state index contributed by atoms with van der Waals surface area (Å²) in [4.78, 5) is 10.4. The molecule has 0 saturated carbocycles. The molecule has 0 aliphatic heterocycles. The van der Waals surface area contributed by atoms with E-state index in [1.54, 1.807) is 0 Å². The molecule has 0 rings (SSSR count). The zero-order valence-corrected chi connectivity index (χ0v) is 6.52. The van der Waals surface area contributed by atoms with Gasteiger partial charge in [0, 0.05) is 5.92 Å². The van der Waals surface area contributed by atoms with E-state index in [0.29, 0.717) is 0 Å². The number of hydrogen-bond acceptors (Lipinski definition) is 1. The molecule has 0 aliphatic carbocycles. The number of amides is 1. The lowest BCUT2D eigenvalue weighted by Gasteiger charge is -1.97. The van der Waals surface area contributed by atoms with Crippen LogP contribution in [0.4, 0.5) is 0 Å². The Kier molecular flexibility index (Phi) is 3.33. The summed E-state index contributed by atoms with van der Waals surface area (Å²) >= 11 is 1.83. The highest BCUT2D eigenvalue weighted by atomic mass is 127. The average molecular weight is 213 g/mol. The van der Waals surface area contributed by atoms with Gasteiger partial charge in [-0.25, -0.2) is 0 Å². The fraction of sp³-hybridized carbons (Fsp3) is 0.750. The summed E-state index contributed by atoms with van der Waals surface area (Å²) in [6, 6.07) is 0. The van der Waals surface area contributed by atoms with Crippen molar-refractivity contribution in [3.8, 4) is 0 Å². The molecule has 0 aromatic rings. The first-order valence-corrected chi connectivity index (χ1v) is 3.17. The monoisotopic (exact) mass is 213 g/mol. The molecule has 0 saturated heterocycles. The Labute approximate surface area is 57.2 Å². The molecule has 0 bridgehead atoms. The quantitative estimate of drug-likeness (QED) is 0.513. The predicted octanol–water partition coefficient (Wildman–Crippen LogP) is 1.11. The Bertz CT molecular complexity index is 72.1. The molecule has 2 nitrogen and oxygen atoms in total. The normalized spacial score (nSPS) is 9.14. The van der Waals surface area contributed by atoms with Gasteiger partial charge < -0.3 is 0 Å². The Balaban J connectivity index is 3.35. The van der Waals surface area contributed by atoms with E-state index < -0.39 is 0 Å². The highest BCUT2D eigenvalue weighted by Gasteiger charge is 2.01. The maximum Gasteiger partial charge on any atom is 0.231 e. The first-order chi connectivity index (χ1) is 3.18. The minimum Gasteiger partial charge on any atom is -0.299 e. The van der Waals surface area contributed by atoms with Gasteiger partial charge in [0.25, 0.3) is 0 Å². The van der Waals surface area contributed by atoms with Gasteiger partial charge >= 0.3 is 0 Å². The lowest BCUT2D eigenvalue weighted by molar-refractivity contribution is -0.121. The van der Waals surface area contributed by atoms with Gasteiger partial charge in [-0.05, 0) is 0 Å². The van der Waals surface area contributed by atoms with E-state index in [4.69, 9.17) is 0 Å². The standard InChI is InChI=1S/C4H8INO/c1-3(2)4(7)6-5/h3H,1-2H3,(H,6,7). The second-order valence-electron chi connectivity index (χ2n) is 1.61. The molecule has 7 heavy (non-hydrogen) atoms. The van der Waals surface area contributed by atoms with Crippen LogP contribution < -0.4 is 3.53 Å². The molecule has 0 fully saturated rings. The van der Waals surface area contributed by atoms with Crippen molar-refractivity contribution in [1.82, 2.24) is 3.53 Å². The largest absolute Gasteiger partial charge is 0.299 e. The lowest BCUT2D eigenvalue weighted by atomic mass is 10.2. The van der Waals surface area contributed by atoms with Crippen molar-refractivity contribution >= 4 is 28.8 Å². The number of carbonyl (C=O) groups excluding carboxylic acids is 1. The van der Waals surface area contributed by atoms with Gasteiger partial charge in [0.1, 0.15) is 0 Å². The van der Waals surface area contributed by atoms with Gasteiger partial charge in [-0.3, -0.25) is 8.32 Å². The Hall–Kier alpha value is 0.200.